The third kappa shape index (κ3) is 3.33. The zero-order valence-electron chi connectivity index (χ0n) is 16.2. The van der Waals surface area contributed by atoms with E-state index in [2.05, 4.69) is 5.32 Å². The van der Waals surface area contributed by atoms with E-state index >= 15 is 0 Å². The number of hydrogen-bond acceptors (Lipinski definition) is 5. The van der Waals surface area contributed by atoms with Gasteiger partial charge in [0.1, 0.15) is 6.17 Å². The summed E-state index contributed by atoms with van der Waals surface area (Å²) in [5.74, 6) is 0.550. The number of nitrogens with one attached hydrogen (secondary N) is 1. The average molecular weight is 404 g/mol. The SMILES string of the molecule is CNC(=O)CN1c2ccccc2C(=O)N(C)[C@H]1c1cc(Cl)c(OC)c(OC)c1. The number of amides is 2. The molecule has 0 saturated heterocycles. The second kappa shape index (κ2) is 7.98. The molecule has 1 aliphatic heterocycles. The van der Waals surface area contributed by atoms with Crippen LogP contribution in [0.5, 0.6) is 11.5 Å². The minimum Gasteiger partial charge on any atom is -0.493 e. The van der Waals surface area contributed by atoms with Crippen molar-refractivity contribution in [3.05, 3.63) is 52.5 Å². The molecule has 148 valence electrons. The highest BCUT2D eigenvalue weighted by atomic mass is 35.5. The number of anilines is 1. The molecular weight excluding hydrogens is 382 g/mol. The second-order valence-corrected chi connectivity index (χ2v) is 6.75. The molecule has 1 aliphatic rings. The normalized spacial score (nSPS) is 15.9. The third-order valence-corrected chi connectivity index (χ3v) is 5.05. The van der Waals surface area contributed by atoms with Crippen molar-refractivity contribution in [3.63, 3.8) is 0 Å². The van der Waals surface area contributed by atoms with Crippen molar-refractivity contribution in [2.24, 2.45) is 0 Å². The predicted molar refractivity (Wildman–Crippen MR) is 107 cm³/mol. The molecule has 0 spiro atoms. The van der Waals surface area contributed by atoms with Gasteiger partial charge in [0.25, 0.3) is 5.91 Å². The smallest absolute Gasteiger partial charge is 0.257 e. The monoisotopic (exact) mass is 403 g/mol. The van der Waals surface area contributed by atoms with E-state index in [0.29, 0.717) is 33.3 Å². The number of carbonyl (C=O) groups is 2. The Morgan fingerprint density at radius 1 is 1.21 bits per heavy atom. The molecule has 0 bridgehead atoms. The van der Waals surface area contributed by atoms with Crippen LogP contribution >= 0.6 is 11.6 Å². The Morgan fingerprint density at radius 2 is 1.93 bits per heavy atom. The lowest BCUT2D eigenvalue weighted by atomic mass is 10.0. The summed E-state index contributed by atoms with van der Waals surface area (Å²) < 4.78 is 10.7. The van der Waals surface area contributed by atoms with Crippen molar-refractivity contribution >= 4 is 29.1 Å². The third-order valence-electron chi connectivity index (χ3n) is 4.77. The Morgan fingerprint density at radius 3 is 2.57 bits per heavy atom. The standard InChI is InChI=1S/C20H22ClN3O4/c1-22-17(25)11-24-15-8-6-5-7-13(15)20(26)23(2)19(24)12-9-14(21)18(28-4)16(10-12)27-3/h5-10,19H,11H2,1-4H3,(H,22,25)/t19-/m1/s1. The van der Waals surface area contributed by atoms with E-state index in [0.717, 1.165) is 0 Å². The first-order chi connectivity index (χ1) is 13.4. The summed E-state index contributed by atoms with van der Waals surface area (Å²) in [7, 11) is 6.30. The van der Waals surface area contributed by atoms with Gasteiger partial charge in [0.15, 0.2) is 11.5 Å². The molecular formula is C20H22ClN3O4. The van der Waals surface area contributed by atoms with Crippen LogP contribution in [0.4, 0.5) is 5.69 Å². The van der Waals surface area contributed by atoms with Crippen molar-refractivity contribution in [1.82, 2.24) is 10.2 Å². The summed E-state index contributed by atoms with van der Waals surface area (Å²) in [5.41, 5.74) is 1.93. The number of nitrogens with zero attached hydrogens (tertiary/aromatic N) is 2. The first kappa shape index (κ1) is 19.8. The van der Waals surface area contributed by atoms with Gasteiger partial charge < -0.3 is 24.6 Å². The van der Waals surface area contributed by atoms with Crippen molar-refractivity contribution < 1.29 is 19.1 Å². The van der Waals surface area contributed by atoms with Crippen LogP contribution in [-0.4, -0.2) is 51.6 Å². The number of ether oxygens (including phenoxy) is 2. The molecule has 2 aromatic carbocycles. The first-order valence-corrected chi connectivity index (χ1v) is 9.05. The quantitative estimate of drug-likeness (QED) is 0.831. The molecule has 0 aliphatic carbocycles. The minimum atomic E-state index is -0.544. The zero-order chi connectivity index (χ0) is 20.4. The summed E-state index contributed by atoms with van der Waals surface area (Å²) in [5, 5.41) is 3.00. The van der Waals surface area contributed by atoms with Crippen molar-refractivity contribution in [3.8, 4) is 11.5 Å². The lowest BCUT2D eigenvalue weighted by molar-refractivity contribution is -0.119. The topological polar surface area (TPSA) is 71.1 Å². The molecule has 1 heterocycles. The molecule has 0 saturated carbocycles. The fourth-order valence-electron chi connectivity index (χ4n) is 3.44. The fourth-order valence-corrected chi connectivity index (χ4v) is 3.74. The van der Waals surface area contributed by atoms with Crippen molar-refractivity contribution in [2.75, 3.05) is 39.8 Å². The largest absolute Gasteiger partial charge is 0.493 e. The molecule has 0 unspecified atom stereocenters. The van der Waals surface area contributed by atoms with Crippen LogP contribution in [0.1, 0.15) is 22.1 Å². The zero-order valence-corrected chi connectivity index (χ0v) is 16.9. The van der Waals surface area contributed by atoms with Gasteiger partial charge in [0.05, 0.1) is 37.0 Å². The highest BCUT2D eigenvalue weighted by Crippen LogP contribution is 2.43. The van der Waals surface area contributed by atoms with Gasteiger partial charge in [-0.15, -0.1) is 0 Å². The van der Waals surface area contributed by atoms with E-state index in [-0.39, 0.29) is 18.4 Å². The van der Waals surface area contributed by atoms with Crippen LogP contribution in [0, 0.1) is 0 Å². The number of halogens is 1. The van der Waals surface area contributed by atoms with Crippen LogP contribution in [0.15, 0.2) is 36.4 Å². The summed E-state index contributed by atoms with van der Waals surface area (Å²) in [6.07, 6.45) is -0.544. The van der Waals surface area contributed by atoms with Gasteiger partial charge in [0.2, 0.25) is 5.91 Å². The molecule has 0 fully saturated rings. The molecule has 28 heavy (non-hydrogen) atoms. The minimum absolute atomic E-state index is 0.0712. The van der Waals surface area contributed by atoms with Gasteiger partial charge >= 0.3 is 0 Å². The highest BCUT2D eigenvalue weighted by molar-refractivity contribution is 6.32. The van der Waals surface area contributed by atoms with E-state index < -0.39 is 6.17 Å². The summed E-state index contributed by atoms with van der Waals surface area (Å²) in [6, 6.07) is 10.7. The Hall–Kier alpha value is -2.93. The Kier molecular flexibility index (Phi) is 5.65. The van der Waals surface area contributed by atoms with Gasteiger partial charge in [-0.05, 0) is 24.3 Å². The molecule has 3 rings (SSSR count). The first-order valence-electron chi connectivity index (χ1n) is 8.67. The van der Waals surface area contributed by atoms with E-state index in [9.17, 15) is 9.59 Å². The maximum absolute atomic E-state index is 13.0. The number of carbonyl (C=O) groups excluding carboxylic acids is 2. The highest BCUT2D eigenvalue weighted by Gasteiger charge is 2.37. The second-order valence-electron chi connectivity index (χ2n) is 6.35. The number of rotatable bonds is 5. The number of hydrogen-bond donors (Lipinski definition) is 1. The van der Waals surface area contributed by atoms with Gasteiger partial charge in [-0.2, -0.15) is 0 Å². The summed E-state index contributed by atoms with van der Waals surface area (Å²) >= 11 is 6.39. The van der Waals surface area contributed by atoms with E-state index in [1.807, 2.05) is 17.0 Å². The van der Waals surface area contributed by atoms with Crippen molar-refractivity contribution in [1.29, 1.82) is 0 Å². The molecule has 2 amide bonds. The molecule has 7 nitrogen and oxygen atoms in total. The van der Waals surface area contributed by atoms with Crippen LogP contribution in [0.3, 0.4) is 0 Å². The van der Waals surface area contributed by atoms with E-state index in [1.165, 1.54) is 14.2 Å². The number of fused-ring (bicyclic) bond motifs is 1. The lowest BCUT2D eigenvalue weighted by Gasteiger charge is -2.44. The molecule has 1 N–H and O–H groups in total. The Bertz CT molecular complexity index is 918. The summed E-state index contributed by atoms with van der Waals surface area (Å²) in [6.45, 7) is 0.0712. The maximum Gasteiger partial charge on any atom is 0.257 e. The number of methoxy groups -OCH3 is 2. The van der Waals surface area contributed by atoms with Gasteiger partial charge in [-0.3, -0.25) is 9.59 Å². The van der Waals surface area contributed by atoms with Crippen LogP contribution in [0.2, 0.25) is 5.02 Å². The Labute approximate surface area is 168 Å². The number of para-hydroxylation sites is 1. The molecule has 1 atom stereocenters. The Balaban J connectivity index is 2.18. The van der Waals surface area contributed by atoms with Crippen LogP contribution in [0.25, 0.3) is 0 Å². The van der Waals surface area contributed by atoms with Gasteiger partial charge in [-0.1, -0.05) is 23.7 Å². The number of benzene rings is 2. The van der Waals surface area contributed by atoms with E-state index in [4.69, 9.17) is 21.1 Å². The lowest BCUT2D eigenvalue weighted by Crippen LogP contribution is -2.50. The molecule has 8 heteroatoms. The molecule has 0 radical (unpaired) electrons. The van der Waals surface area contributed by atoms with E-state index in [1.54, 1.807) is 43.3 Å². The molecule has 2 aromatic rings. The number of likely N-dealkylation sites (N-methyl/N-ethyl adjacent to an activating group) is 1. The predicted octanol–water partition coefficient (Wildman–Crippen LogP) is 2.69. The average Bonchev–Trinajstić information content (AvgIpc) is 2.71. The summed E-state index contributed by atoms with van der Waals surface area (Å²) in [4.78, 5) is 28.6. The van der Waals surface area contributed by atoms with Gasteiger partial charge in [-0.25, -0.2) is 0 Å². The molecule has 0 aromatic heterocycles. The van der Waals surface area contributed by atoms with Crippen molar-refractivity contribution in [2.45, 2.75) is 6.17 Å². The van der Waals surface area contributed by atoms with Crippen LogP contribution in [-0.2, 0) is 4.79 Å². The van der Waals surface area contributed by atoms with Crippen LogP contribution < -0.4 is 19.7 Å². The maximum atomic E-state index is 13.0. The van der Waals surface area contributed by atoms with Gasteiger partial charge in [0, 0.05) is 19.7 Å². The fraction of sp³-hybridized carbons (Fsp3) is 0.300.